The summed E-state index contributed by atoms with van der Waals surface area (Å²) in [5.41, 5.74) is 1.86. The lowest BCUT2D eigenvalue weighted by Gasteiger charge is -2.12. The van der Waals surface area contributed by atoms with E-state index in [0.29, 0.717) is 11.9 Å². The zero-order valence-electron chi connectivity index (χ0n) is 11.5. The number of hydrogen-bond acceptors (Lipinski definition) is 4. The molecule has 0 aliphatic heterocycles. The Labute approximate surface area is 113 Å². The fourth-order valence-corrected chi connectivity index (χ4v) is 2.12. The molecule has 0 amide bonds. The van der Waals surface area contributed by atoms with E-state index in [2.05, 4.69) is 15.6 Å². The number of rotatable bonds is 7. The second-order valence-corrected chi connectivity index (χ2v) is 5.12. The van der Waals surface area contributed by atoms with E-state index < -0.39 is 5.97 Å². The Balaban J connectivity index is 1.91. The van der Waals surface area contributed by atoms with Gasteiger partial charge in [-0.15, -0.1) is 0 Å². The van der Waals surface area contributed by atoms with E-state index in [9.17, 15) is 9.90 Å². The maximum Gasteiger partial charge on any atom is 0.339 e. The van der Waals surface area contributed by atoms with Crippen LogP contribution in [0, 0.1) is 13.8 Å². The normalized spacial score (nSPS) is 14.4. The van der Waals surface area contributed by atoms with Gasteiger partial charge in [0.05, 0.1) is 0 Å². The highest BCUT2D eigenvalue weighted by Gasteiger charge is 2.19. The van der Waals surface area contributed by atoms with Crippen molar-refractivity contribution < 1.29 is 9.90 Å². The van der Waals surface area contributed by atoms with E-state index >= 15 is 0 Å². The molecule has 5 nitrogen and oxygen atoms in total. The van der Waals surface area contributed by atoms with Crippen LogP contribution < -0.4 is 10.6 Å². The van der Waals surface area contributed by atoms with Gasteiger partial charge >= 0.3 is 5.97 Å². The number of nitrogens with zero attached hydrogens (tertiary/aromatic N) is 1. The van der Waals surface area contributed by atoms with Crippen molar-refractivity contribution in [2.75, 3.05) is 18.4 Å². The predicted molar refractivity (Wildman–Crippen MR) is 74.8 cm³/mol. The molecular weight excluding hydrogens is 242 g/mol. The van der Waals surface area contributed by atoms with Gasteiger partial charge in [-0.3, -0.25) is 0 Å². The van der Waals surface area contributed by atoms with E-state index in [1.165, 1.54) is 12.8 Å². The van der Waals surface area contributed by atoms with Gasteiger partial charge in [-0.2, -0.15) is 0 Å². The van der Waals surface area contributed by atoms with Gasteiger partial charge in [0.2, 0.25) is 0 Å². The zero-order valence-corrected chi connectivity index (χ0v) is 11.5. The number of aromatic carboxylic acids is 1. The largest absolute Gasteiger partial charge is 0.478 e. The number of carboxylic acids is 1. The molecule has 2 rings (SSSR count). The molecule has 0 spiro atoms. The second kappa shape index (κ2) is 6.02. The first-order valence-electron chi connectivity index (χ1n) is 6.76. The molecule has 0 atom stereocenters. The number of aromatic nitrogens is 1. The van der Waals surface area contributed by atoms with Crippen molar-refractivity contribution >= 4 is 11.8 Å². The number of anilines is 1. The van der Waals surface area contributed by atoms with Gasteiger partial charge in [0, 0.05) is 18.3 Å². The fourth-order valence-electron chi connectivity index (χ4n) is 2.12. The summed E-state index contributed by atoms with van der Waals surface area (Å²) in [7, 11) is 0. The average Bonchev–Trinajstić information content (AvgIpc) is 3.10. The van der Waals surface area contributed by atoms with E-state index in [4.69, 9.17) is 0 Å². The van der Waals surface area contributed by atoms with Crippen molar-refractivity contribution in [3.05, 3.63) is 22.9 Å². The molecule has 0 aromatic carbocycles. The lowest BCUT2D eigenvalue weighted by Crippen LogP contribution is -2.20. The van der Waals surface area contributed by atoms with Gasteiger partial charge in [0.1, 0.15) is 11.4 Å². The van der Waals surface area contributed by atoms with Crippen molar-refractivity contribution in [2.45, 2.75) is 39.2 Å². The van der Waals surface area contributed by atoms with Gasteiger partial charge in [-0.25, -0.2) is 9.78 Å². The number of pyridine rings is 1. The molecule has 1 fully saturated rings. The minimum Gasteiger partial charge on any atom is -0.478 e. The Morgan fingerprint density at radius 1 is 1.42 bits per heavy atom. The SMILES string of the molecule is Cc1cc(C)c(C(=O)O)c(NCCCNC2CC2)n1. The summed E-state index contributed by atoms with van der Waals surface area (Å²) in [6.07, 6.45) is 3.54. The van der Waals surface area contributed by atoms with Gasteiger partial charge in [0.15, 0.2) is 0 Å². The quantitative estimate of drug-likeness (QED) is 0.656. The third-order valence-electron chi connectivity index (χ3n) is 3.21. The van der Waals surface area contributed by atoms with Crippen molar-refractivity contribution in [3.63, 3.8) is 0 Å². The Morgan fingerprint density at radius 3 is 2.79 bits per heavy atom. The van der Waals surface area contributed by atoms with Crippen LogP contribution in [-0.4, -0.2) is 35.2 Å². The molecule has 1 aromatic rings. The standard InChI is InChI=1S/C14H21N3O2/c1-9-8-10(2)17-13(12(9)14(18)19)16-7-3-6-15-11-4-5-11/h8,11,15H,3-7H2,1-2H3,(H,16,17)(H,18,19). The zero-order chi connectivity index (χ0) is 13.8. The number of hydrogen-bond donors (Lipinski definition) is 3. The molecule has 19 heavy (non-hydrogen) atoms. The van der Waals surface area contributed by atoms with Crippen LogP contribution in [-0.2, 0) is 0 Å². The third kappa shape index (κ3) is 3.92. The minimum absolute atomic E-state index is 0.278. The summed E-state index contributed by atoms with van der Waals surface area (Å²) in [6, 6.07) is 2.51. The molecule has 1 saturated carbocycles. The Kier molecular flexibility index (Phi) is 4.37. The van der Waals surface area contributed by atoms with Gasteiger partial charge in [-0.05, 0) is 51.3 Å². The Morgan fingerprint density at radius 2 is 2.16 bits per heavy atom. The molecule has 1 aliphatic rings. The van der Waals surface area contributed by atoms with E-state index in [1.807, 2.05) is 6.92 Å². The predicted octanol–water partition coefficient (Wildman–Crippen LogP) is 1.95. The van der Waals surface area contributed by atoms with Crippen LogP contribution in [0.15, 0.2) is 6.07 Å². The van der Waals surface area contributed by atoms with E-state index in [-0.39, 0.29) is 5.56 Å². The fraction of sp³-hybridized carbons (Fsp3) is 0.571. The van der Waals surface area contributed by atoms with Crippen LogP contribution in [0.25, 0.3) is 0 Å². The molecule has 1 aliphatic carbocycles. The summed E-state index contributed by atoms with van der Waals surface area (Å²) in [6.45, 7) is 5.37. The molecule has 0 unspecified atom stereocenters. The molecular formula is C14H21N3O2. The summed E-state index contributed by atoms with van der Waals surface area (Å²) in [4.78, 5) is 15.5. The molecule has 0 bridgehead atoms. The molecule has 3 N–H and O–H groups in total. The van der Waals surface area contributed by atoms with Crippen LogP contribution >= 0.6 is 0 Å². The summed E-state index contributed by atoms with van der Waals surface area (Å²) in [5.74, 6) is -0.444. The van der Waals surface area contributed by atoms with Gasteiger partial charge in [-0.1, -0.05) is 0 Å². The summed E-state index contributed by atoms with van der Waals surface area (Å²) in [5, 5.41) is 15.8. The molecule has 1 heterocycles. The Bertz CT molecular complexity index is 470. The number of carbonyl (C=O) groups is 1. The van der Waals surface area contributed by atoms with Gasteiger partial charge in [0.25, 0.3) is 0 Å². The minimum atomic E-state index is -0.927. The maximum absolute atomic E-state index is 11.2. The highest BCUT2D eigenvalue weighted by Crippen LogP contribution is 2.19. The van der Waals surface area contributed by atoms with Crippen LogP contribution in [0.5, 0.6) is 0 Å². The number of nitrogens with one attached hydrogen (secondary N) is 2. The number of aryl methyl sites for hydroxylation is 2. The van der Waals surface area contributed by atoms with Crippen LogP contribution in [0.1, 0.15) is 40.9 Å². The topological polar surface area (TPSA) is 74.2 Å². The Hall–Kier alpha value is -1.62. The van der Waals surface area contributed by atoms with E-state index in [1.54, 1.807) is 13.0 Å². The molecule has 5 heteroatoms. The summed E-state index contributed by atoms with van der Waals surface area (Å²) >= 11 is 0. The first-order chi connectivity index (χ1) is 9.08. The van der Waals surface area contributed by atoms with Crippen molar-refractivity contribution in [1.29, 1.82) is 0 Å². The lowest BCUT2D eigenvalue weighted by molar-refractivity contribution is 0.0697. The molecule has 0 radical (unpaired) electrons. The highest BCUT2D eigenvalue weighted by molar-refractivity contribution is 5.94. The van der Waals surface area contributed by atoms with Crippen LogP contribution in [0.4, 0.5) is 5.82 Å². The van der Waals surface area contributed by atoms with Crippen molar-refractivity contribution in [2.24, 2.45) is 0 Å². The average molecular weight is 263 g/mol. The third-order valence-corrected chi connectivity index (χ3v) is 3.21. The van der Waals surface area contributed by atoms with Crippen molar-refractivity contribution in [1.82, 2.24) is 10.3 Å². The van der Waals surface area contributed by atoms with Crippen LogP contribution in [0.3, 0.4) is 0 Å². The number of carboxylic acid groups (broad SMARTS) is 1. The monoisotopic (exact) mass is 263 g/mol. The first-order valence-corrected chi connectivity index (χ1v) is 6.76. The van der Waals surface area contributed by atoms with E-state index in [0.717, 1.165) is 30.8 Å². The summed E-state index contributed by atoms with van der Waals surface area (Å²) < 4.78 is 0. The van der Waals surface area contributed by atoms with Crippen molar-refractivity contribution in [3.8, 4) is 0 Å². The van der Waals surface area contributed by atoms with Crippen LogP contribution in [0.2, 0.25) is 0 Å². The second-order valence-electron chi connectivity index (χ2n) is 5.12. The molecule has 104 valence electrons. The maximum atomic E-state index is 11.2. The molecule has 0 saturated heterocycles. The highest BCUT2D eigenvalue weighted by atomic mass is 16.4. The van der Waals surface area contributed by atoms with Gasteiger partial charge < -0.3 is 15.7 Å². The first kappa shape index (κ1) is 13.8. The molecule has 1 aromatic heterocycles. The lowest BCUT2D eigenvalue weighted by atomic mass is 10.1. The smallest absolute Gasteiger partial charge is 0.339 e.